The summed E-state index contributed by atoms with van der Waals surface area (Å²) in [7, 11) is 3.16. The molecule has 0 bridgehead atoms. The van der Waals surface area contributed by atoms with Gasteiger partial charge in [0.1, 0.15) is 17.1 Å². The van der Waals surface area contributed by atoms with Gasteiger partial charge in [0.15, 0.2) is 5.43 Å². The summed E-state index contributed by atoms with van der Waals surface area (Å²) in [6, 6.07) is 20.8. The summed E-state index contributed by atoms with van der Waals surface area (Å²) in [5.41, 5.74) is 1.89. The molecule has 0 saturated carbocycles. The first kappa shape index (κ1) is 18.9. The van der Waals surface area contributed by atoms with E-state index in [2.05, 4.69) is 0 Å². The van der Waals surface area contributed by atoms with Crippen LogP contribution in [0.1, 0.15) is 27.7 Å². The molecule has 0 aliphatic carbocycles. The van der Waals surface area contributed by atoms with Crippen LogP contribution in [0.2, 0.25) is 0 Å². The number of carbonyl (C=O) groups excluding carboxylic acids is 1. The third-order valence-corrected chi connectivity index (χ3v) is 5.54. The Morgan fingerprint density at radius 2 is 1.58 bits per heavy atom. The smallest absolute Gasteiger partial charge is 0.295 e. The average molecular weight is 413 g/mol. The van der Waals surface area contributed by atoms with Crippen LogP contribution in [0.15, 0.2) is 82.0 Å². The zero-order valence-electron chi connectivity index (χ0n) is 17.0. The van der Waals surface area contributed by atoms with E-state index < -0.39 is 6.04 Å². The van der Waals surface area contributed by atoms with E-state index in [9.17, 15) is 9.59 Å². The summed E-state index contributed by atoms with van der Waals surface area (Å²) in [6.07, 6.45) is 0. The van der Waals surface area contributed by atoms with Gasteiger partial charge in [-0.3, -0.25) is 14.5 Å². The van der Waals surface area contributed by atoms with E-state index in [0.717, 1.165) is 5.56 Å². The van der Waals surface area contributed by atoms with Crippen molar-refractivity contribution in [3.8, 4) is 11.5 Å². The zero-order valence-corrected chi connectivity index (χ0v) is 17.0. The number of ether oxygens (including phenoxy) is 2. The van der Waals surface area contributed by atoms with Crippen LogP contribution in [0, 0.1) is 0 Å². The SMILES string of the molecule is COc1ccc(N2C(=O)c3oc4ccccc4c(=O)c3C2c2cccc(OC)c2)cc1. The maximum absolute atomic E-state index is 13.5. The molecule has 0 spiro atoms. The van der Waals surface area contributed by atoms with Crippen molar-refractivity contribution >= 4 is 22.6 Å². The molecule has 0 radical (unpaired) electrons. The number of methoxy groups -OCH3 is 2. The molecule has 3 aromatic carbocycles. The fourth-order valence-corrected chi connectivity index (χ4v) is 4.06. The minimum atomic E-state index is -0.646. The van der Waals surface area contributed by atoms with E-state index in [1.807, 2.05) is 24.3 Å². The molecule has 6 nitrogen and oxygen atoms in total. The number of carbonyl (C=O) groups is 1. The van der Waals surface area contributed by atoms with Crippen molar-refractivity contribution in [3.63, 3.8) is 0 Å². The van der Waals surface area contributed by atoms with Crippen LogP contribution in [0.25, 0.3) is 11.0 Å². The van der Waals surface area contributed by atoms with Gasteiger partial charge in [0.25, 0.3) is 5.91 Å². The highest BCUT2D eigenvalue weighted by molar-refractivity contribution is 6.10. The lowest BCUT2D eigenvalue weighted by atomic mass is 9.98. The molecule has 1 aliphatic heterocycles. The van der Waals surface area contributed by atoms with Crippen molar-refractivity contribution in [2.24, 2.45) is 0 Å². The van der Waals surface area contributed by atoms with Crippen LogP contribution < -0.4 is 19.8 Å². The molecule has 1 amide bonds. The van der Waals surface area contributed by atoms with Crippen molar-refractivity contribution < 1.29 is 18.7 Å². The molecule has 2 heterocycles. The second-order valence-electron chi connectivity index (χ2n) is 7.22. The Labute approximate surface area is 178 Å². The molecule has 31 heavy (non-hydrogen) atoms. The number of hydrogen-bond acceptors (Lipinski definition) is 5. The first-order chi connectivity index (χ1) is 15.1. The van der Waals surface area contributed by atoms with Crippen LogP contribution in [-0.2, 0) is 0 Å². The summed E-state index contributed by atoms with van der Waals surface area (Å²) in [4.78, 5) is 28.6. The Morgan fingerprint density at radius 1 is 0.839 bits per heavy atom. The minimum Gasteiger partial charge on any atom is -0.497 e. The number of para-hydroxylation sites is 1. The molecule has 0 N–H and O–H groups in total. The second-order valence-corrected chi connectivity index (χ2v) is 7.22. The molecule has 5 rings (SSSR count). The molecule has 0 fully saturated rings. The average Bonchev–Trinajstić information content (AvgIpc) is 3.12. The van der Waals surface area contributed by atoms with Crippen molar-refractivity contribution in [2.45, 2.75) is 6.04 Å². The van der Waals surface area contributed by atoms with Gasteiger partial charge in [0.05, 0.1) is 31.2 Å². The van der Waals surface area contributed by atoms with Gasteiger partial charge in [-0.2, -0.15) is 0 Å². The Kier molecular flexibility index (Phi) is 4.47. The highest BCUT2D eigenvalue weighted by Gasteiger charge is 2.43. The minimum absolute atomic E-state index is 0.0623. The number of hydrogen-bond donors (Lipinski definition) is 0. The lowest BCUT2D eigenvalue weighted by Gasteiger charge is -2.25. The predicted octanol–water partition coefficient (Wildman–Crippen LogP) is 4.56. The topological polar surface area (TPSA) is 69.0 Å². The second kappa shape index (κ2) is 7.32. The third kappa shape index (κ3) is 2.95. The Balaban J connectivity index is 1.78. The van der Waals surface area contributed by atoms with Crippen molar-refractivity contribution in [1.82, 2.24) is 0 Å². The van der Waals surface area contributed by atoms with Gasteiger partial charge in [-0.15, -0.1) is 0 Å². The van der Waals surface area contributed by atoms with Crippen LogP contribution in [0.3, 0.4) is 0 Å². The number of rotatable bonds is 4. The number of anilines is 1. The van der Waals surface area contributed by atoms with Gasteiger partial charge in [-0.25, -0.2) is 0 Å². The Morgan fingerprint density at radius 3 is 2.32 bits per heavy atom. The van der Waals surface area contributed by atoms with Crippen LogP contribution in [0.4, 0.5) is 5.69 Å². The maximum Gasteiger partial charge on any atom is 0.295 e. The molecular weight excluding hydrogens is 394 g/mol. The summed E-state index contributed by atoms with van der Waals surface area (Å²) in [6.45, 7) is 0. The first-order valence-corrected chi connectivity index (χ1v) is 9.79. The third-order valence-electron chi connectivity index (χ3n) is 5.54. The van der Waals surface area contributed by atoms with Crippen molar-refractivity contribution in [1.29, 1.82) is 0 Å². The van der Waals surface area contributed by atoms with E-state index in [1.165, 1.54) is 0 Å². The molecule has 1 aromatic heterocycles. The highest BCUT2D eigenvalue weighted by atomic mass is 16.5. The Bertz CT molecular complexity index is 1360. The lowest BCUT2D eigenvalue weighted by Crippen LogP contribution is -2.29. The van der Waals surface area contributed by atoms with E-state index in [-0.39, 0.29) is 17.1 Å². The maximum atomic E-state index is 13.5. The number of nitrogens with zero attached hydrogens (tertiary/aromatic N) is 1. The fourth-order valence-electron chi connectivity index (χ4n) is 4.06. The standard InChI is InChI=1S/C25H19NO5/c1-29-17-12-10-16(11-13-17)26-22(15-6-5-7-18(14-15)30-2)21-23(27)19-8-3-4-9-20(19)31-24(21)25(26)28/h3-14,22H,1-2H3. The summed E-state index contributed by atoms with van der Waals surface area (Å²) >= 11 is 0. The molecule has 0 saturated heterocycles. The lowest BCUT2D eigenvalue weighted by molar-refractivity contribution is 0.0971. The van der Waals surface area contributed by atoms with Crippen LogP contribution in [0.5, 0.6) is 11.5 Å². The van der Waals surface area contributed by atoms with E-state index in [1.54, 1.807) is 67.7 Å². The zero-order chi connectivity index (χ0) is 21.5. The van der Waals surface area contributed by atoms with Gasteiger partial charge in [-0.1, -0.05) is 24.3 Å². The summed E-state index contributed by atoms with van der Waals surface area (Å²) < 4.78 is 16.6. The highest BCUT2D eigenvalue weighted by Crippen LogP contribution is 2.42. The Hall–Kier alpha value is -4.06. The summed E-state index contributed by atoms with van der Waals surface area (Å²) in [5.74, 6) is 1.01. The normalized spacial score (nSPS) is 15.2. The van der Waals surface area contributed by atoms with Gasteiger partial charge in [0, 0.05) is 5.69 Å². The van der Waals surface area contributed by atoms with E-state index >= 15 is 0 Å². The van der Waals surface area contributed by atoms with Crippen molar-refractivity contribution in [2.75, 3.05) is 19.1 Å². The number of benzene rings is 3. The molecule has 1 atom stereocenters. The van der Waals surface area contributed by atoms with E-state index in [0.29, 0.717) is 33.7 Å². The van der Waals surface area contributed by atoms with E-state index in [4.69, 9.17) is 13.9 Å². The van der Waals surface area contributed by atoms with Crippen LogP contribution in [-0.4, -0.2) is 20.1 Å². The van der Waals surface area contributed by atoms with Crippen LogP contribution >= 0.6 is 0 Å². The monoisotopic (exact) mass is 413 g/mol. The van der Waals surface area contributed by atoms with Crippen molar-refractivity contribution in [3.05, 3.63) is 99.9 Å². The summed E-state index contributed by atoms with van der Waals surface area (Å²) in [5, 5.41) is 0.443. The fraction of sp³-hybridized carbons (Fsp3) is 0.120. The van der Waals surface area contributed by atoms with Gasteiger partial charge in [0.2, 0.25) is 5.76 Å². The first-order valence-electron chi connectivity index (χ1n) is 9.79. The predicted molar refractivity (Wildman–Crippen MR) is 117 cm³/mol. The number of fused-ring (bicyclic) bond motifs is 2. The molecule has 1 unspecified atom stereocenters. The molecule has 154 valence electrons. The van der Waals surface area contributed by atoms with Gasteiger partial charge in [-0.05, 0) is 54.1 Å². The number of amides is 1. The largest absolute Gasteiger partial charge is 0.497 e. The molecule has 6 heteroatoms. The molecule has 4 aromatic rings. The van der Waals surface area contributed by atoms with Gasteiger partial charge < -0.3 is 13.9 Å². The molecular formula is C25H19NO5. The molecule has 1 aliphatic rings. The quantitative estimate of drug-likeness (QED) is 0.491. The van der Waals surface area contributed by atoms with Gasteiger partial charge >= 0.3 is 0 Å².